The fourth-order valence-electron chi connectivity index (χ4n) is 0.484. The highest BCUT2D eigenvalue weighted by Gasteiger charge is 1.75. The molecule has 0 unspecified atom stereocenters. The van der Waals surface area contributed by atoms with Crippen molar-refractivity contribution in [2.24, 2.45) is 9.98 Å². The van der Waals surface area contributed by atoms with Crippen molar-refractivity contribution in [3.8, 4) is 0 Å². The number of nitrogens with zero attached hydrogens (tertiary/aromatic N) is 2. The summed E-state index contributed by atoms with van der Waals surface area (Å²) in [6, 6.07) is 0. The minimum Gasteiger partial charge on any atom is -0.277 e. The number of hydrogen-bond acceptors (Lipinski definition) is 1. The summed E-state index contributed by atoms with van der Waals surface area (Å²) in [5, 5.41) is 0. The van der Waals surface area contributed by atoms with Gasteiger partial charge in [0.15, 0.2) is 0 Å². The summed E-state index contributed by atoms with van der Waals surface area (Å²) in [6.07, 6.45) is 6.99. The Morgan fingerprint density at radius 2 is 2.22 bits per heavy atom. The molecule has 2 nitrogen and oxygen atoms in total. The van der Waals surface area contributed by atoms with Crippen LogP contribution in [0.15, 0.2) is 9.98 Å². The Morgan fingerprint density at radius 3 is 2.78 bits per heavy atom. The molecule has 0 aromatic carbocycles. The number of hydrogen-bond donors (Lipinski definition) is 0. The second kappa shape index (κ2) is 7.34. The van der Waals surface area contributed by atoms with Gasteiger partial charge in [0.25, 0.3) is 0 Å². The Morgan fingerprint density at radius 1 is 1.44 bits per heavy atom. The smallest absolute Gasteiger partial charge is 0.109 e. The molecule has 2 heteroatoms. The van der Waals surface area contributed by atoms with Gasteiger partial charge < -0.3 is 0 Å². The lowest BCUT2D eigenvalue weighted by atomic mass is 10.3. The topological polar surface area (TPSA) is 24.7 Å². The molecule has 0 radical (unpaired) electrons. The first-order valence-electron chi connectivity index (χ1n) is 3.34. The quantitative estimate of drug-likeness (QED) is 0.312. The zero-order valence-corrected chi connectivity index (χ0v) is 6.17. The van der Waals surface area contributed by atoms with E-state index in [1.54, 1.807) is 13.4 Å². The van der Waals surface area contributed by atoms with Gasteiger partial charge in [-0.3, -0.25) is 4.99 Å². The number of unbranched alkanes of at least 4 members (excludes halogenated alkanes) is 2. The van der Waals surface area contributed by atoms with Gasteiger partial charge in [-0.15, -0.1) is 0 Å². The maximum atomic E-state index is 3.91. The van der Waals surface area contributed by atoms with Crippen molar-refractivity contribution in [1.82, 2.24) is 0 Å². The third-order valence-electron chi connectivity index (χ3n) is 0.974. The van der Waals surface area contributed by atoms with Crippen LogP contribution in [-0.2, 0) is 0 Å². The largest absolute Gasteiger partial charge is 0.277 e. The molecule has 0 aliphatic heterocycles. The van der Waals surface area contributed by atoms with E-state index in [-0.39, 0.29) is 0 Å². The molecule has 0 aromatic rings. The molecule has 0 amide bonds. The van der Waals surface area contributed by atoms with Gasteiger partial charge in [-0.1, -0.05) is 13.3 Å². The molecule has 0 aliphatic rings. The molecule has 0 N–H and O–H groups in total. The summed E-state index contributed by atoms with van der Waals surface area (Å²) in [5.74, 6) is 0. The molecule has 0 bridgehead atoms. The Hall–Kier alpha value is -0.660. The molecule has 52 valence electrons. The van der Waals surface area contributed by atoms with Crippen LogP contribution in [0.25, 0.3) is 0 Å². The SMILES string of the molecule is CCCC/C=N\C=N/C. The van der Waals surface area contributed by atoms with E-state index in [2.05, 4.69) is 16.9 Å². The van der Waals surface area contributed by atoms with E-state index in [1.165, 1.54) is 12.8 Å². The first-order chi connectivity index (χ1) is 4.41. The molecule has 0 saturated heterocycles. The lowest BCUT2D eigenvalue weighted by molar-refractivity contribution is 0.843. The van der Waals surface area contributed by atoms with Gasteiger partial charge in [0.2, 0.25) is 0 Å². The zero-order valence-electron chi connectivity index (χ0n) is 6.17. The van der Waals surface area contributed by atoms with E-state index in [1.807, 2.05) is 6.21 Å². The van der Waals surface area contributed by atoms with Gasteiger partial charge in [-0.2, -0.15) is 0 Å². The van der Waals surface area contributed by atoms with Crippen molar-refractivity contribution in [1.29, 1.82) is 0 Å². The van der Waals surface area contributed by atoms with Gasteiger partial charge >= 0.3 is 0 Å². The highest BCUT2D eigenvalue weighted by atomic mass is 14.8. The molecule has 0 aliphatic carbocycles. The highest BCUT2D eigenvalue weighted by molar-refractivity contribution is 5.71. The third-order valence-corrected chi connectivity index (χ3v) is 0.974. The predicted octanol–water partition coefficient (Wildman–Crippen LogP) is 1.91. The van der Waals surface area contributed by atoms with Crippen molar-refractivity contribution in [2.45, 2.75) is 26.2 Å². The van der Waals surface area contributed by atoms with E-state index >= 15 is 0 Å². The number of aliphatic imine (C=N–C) groups is 2. The van der Waals surface area contributed by atoms with Crippen LogP contribution >= 0.6 is 0 Å². The van der Waals surface area contributed by atoms with Gasteiger partial charge in [0, 0.05) is 13.3 Å². The molecular formula is C7H14N2. The Labute approximate surface area is 56.7 Å². The Kier molecular flexibility index (Phi) is 6.80. The monoisotopic (exact) mass is 126 g/mol. The van der Waals surface area contributed by atoms with Crippen LogP contribution in [0.1, 0.15) is 26.2 Å². The summed E-state index contributed by atoms with van der Waals surface area (Å²) in [6.45, 7) is 2.17. The summed E-state index contributed by atoms with van der Waals surface area (Å²) < 4.78 is 0. The van der Waals surface area contributed by atoms with E-state index in [4.69, 9.17) is 0 Å². The van der Waals surface area contributed by atoms with Crippen molar-refractivity contribution < 1.29 is 0 Å². The lowest BCUT2D eigenvalue weighted by Crippen LogP contribution is -1.75. The predicted molar refractivity (Wildman–Crippen MR) is 42.4 cm³/mol. The van der Waals surface area contributed by atoms with Crippen molar-refractivity contribution >= 4 is 12.6 Å². The standard InChI is InChI=1S/C7H14N2/c1-3-4-5-6-9-7-8-2/h6-7H,3-5H2,1-2H3/b8-7-,9-6-. The Bertz CT molecular complexity index is 95.1. The summed E-state index contributed by atoms with van der Waals surface area (Å²) in [4.78, 5) is 7.62. The van der Waals surface area contributed by atoms with Crippen LogP contribution in [0.5, 0.6) is 0 Å². The minimum atomic E-state index is 1.07. The maximum Gasteiger partial charge on any atom is 0.109 e. The third kappa shape index (κ3) is 7.34. The fraction of sp³-hybridized carbons (Fsp3) is 0.714. The molecule has 0 rings (SSSR count). The molecule has 9 heavy (non-hydrogen) atoms. The average Bonchev–Trinajstić information content (AvgIpc) is 1.89. The van der Waals surface area contributed by atoms with Crippen LogP contribution in [0.4, 0.5) is 0 Å². The molecule has 0 fully saturated rings. The summed E-state index contributed by atoms with van der Waals surface area (Å²) in [7, 11) is 1.72. The van der Waals surface area contributed by atoms with E-state index < -0.39 is 0 Å². The molecule has 0 heterocycles. The van der Waals surface area contributed by atoms with Crippen LogP contribution in [0.3, 0.4) is 0 Å². The number of rotatable bonds is 4. The maximum absolute atomic E-state index is 3.91. The van der Waals surface area contributed by atoms with Crippen LogP contribution in [0, 0.1) is 0 Å². The van der Waals surface area contributed by atoms with Crippen molar-refractivity contribution in [2.75, 3.05) is 7.05 Å². The minimum absolute atomic E-state index is 1.07. The van der Waals surface area contributed by atoms with Crippen molar-refractivity contribution in [3.05, 3.63) is 0 Å². The first-order valence-corrected chi connectivity index (χ1v) is 3.34. The van der Waals surface area contributed by atoms with Gasteiger partial charge in [0.1, 0.15) is 6.34 Å². The van der Waals surface area contributed by atoms with Crippen LogP contribution in [0.2, 0.25) is 0 Å². The molecule has 0 aromatic heterocycles. The highest BCUT2D eigenvalue weighted by Crippen LogP contribution is 1.88. The van der Waals surface area contributed by atoms with Crippen LogP contribution < -0.4 is 0 Å². The average molecular weight is 126 g/mol. The fourth-order valence-corrected chi connectivity index (χ4v) is 0.484. The van der Waals surface area contributed by atoms with E-state index in [0.29, 0.717) is 0 Å². The molecule has 0 spiro atoms. The first kappa shape index (κ1) is 8.34. The van der Waals surface area contributed by atoms with Crippen LogP contribution in [-0.4, -0.2) is 19.6 Å². The summed E-state index contributed by atoms with van der Waals surface area (Å²) in [5.41, 5.74) is 0. The molecular weight excluding hydrogens is 112 g/mol. The second-order valence-electron chi connectivity index (χ2n) is 1.85. The van der Waals surface area contributed by atoms with Crippen molar-refractivity contribution in [3.63, 3.8) is 0 Å². The van der Waals surface area contributed by atoms with Gasteiger partial charge in [0.05, 0.1) is 0 Å². The summed E-state index contributed by atoms with van der Waals surface area (Å²) >= 11 is 0. The molecule has 0 saturated carbocycles. The second-order valence-corrected chi connectivity index (χ2v) is 1.85. The van der Waals surface area contributed by atoms with E-state index in [9.17, 15) is 0 Å². The van der Waals surface area contributed by atoms with E-state index in [0.717, 1.165) is 6.42 Å². The molecule has 0 atom stereocenters. The van der Waals surface area contributed by atoms with Gasteiger partial charge in [-0.05, 0) is 12.8 Å². The zero-order chi connectivity index (χ0) is 6.95. The van der Waals surface area contributed by atoms with Gasteiger partial charge in [-0.25, -0.2) is 4.99 Å². The normalized spacial score (nSPS) is 11.8. The Balaban J connectivity index is 3.04. The lowest BCUT2D eigenvalue weighted by Gasteiger charge is -1.83.